The van der Waals surface area contributed by atoms with Crippen molar-refractivity contribution >= 4 is 5.97 Å². The minimum atomic E-state index is -0.770. The second kappa shape index (κ2) is 9.84. The van der Waals surface area contributed by atoms with E-state index in [4.69, 9.17) is 14.5 Å². The van der Waals surface area contributed by atoms with E-state index < -0.39 is 17.7 Å². The zero-order valence-corrected chi connectivity index (χ0v) is 20.7. The minimum absolute atomic E-state index is 0.0186. The molecular formula is C28H30FN3O4. The molecule has 0 bridgehead atoms. The molecule has 0 radical (unpaired) electrons. The summed E-state index contributed by atoms with van der Waals surface area (Å²) in [5.74, 6) is -0.205. The number of hydrogen-bond donors (Lipinski definition) is 1. The zero-order chi connectivity index (χ0) is 25.4. The molecule has 1 aromatic carbocycles. The molecule has 3 aromatic rings. The van der Waals surface area contributed by atoms with Crippen LogP contribution in [0.15, 0.2) is 36.7 Å². The molecule has 2 aromatic heterocycles. The number of benzene rings is 1. The van der Waals surface area contributed by atoms with E-state index in [0.29, 0.717) is 41.1 Å². The average molecular weight is 492 g/mol. The largest absolute Gasteiger partial charge is 0.484 e. The fourth-order valence-electron chi connectivity index (χ4n) is 5.13. The predicted octanol–water partition coefficient (Wildman–Crippen LogP) is 5.67. The average Bonchev–Trinajstić information content (AvgIpc) is 3.70. The summed E-state index contributed by atoms with van der Waals surface area (Å²) >= 11 is 0. The molecule has 0 amide bonds. The van der Waals surface area contributed by atoms with Crippen LogP contribution in [0, 0.1) is 24.6 Å². The van der Waals surface area contributed by atoms with Crippen LogP contribution in [0.4, 0.5) is 4.39 Å². The van der Waals surface area contributed by atoms with Crippen LogP contribution in [0.3, 0.4) is 0 Å². The van der Waals surface area contributed by atoms with Crippen LogP contribution in [0.1, 0.15) is 67.6 Å². The molecule has 0 spiro atoms. The lowest BCUT2D eigenvalue weighted by Crippen LogP contribution is -2.22. The van der Waals surface area contributed by atoms with Crippen LogP contribution in [-0.2, 0) is 11.2 Å². The van der Waals surface area contributed by atoms with Gasteiger partial charge in [-0.1, -0.05) is 19.1 Å². The van der Waals surface area contributed by atoms with Crippen molar-refractivity contribution < 1.29 is 23.8 Å². The lowest BCUT2D eigenvalue weighted by Gasteiger charge is -2.28. The summed E-state index contributed by atoms with van der Waals surface area (Å²) in [6.07, 6.45) is 6.18. The van der Waals surface area contributed by atoms with Crippen molar-refractivity contribution in [1.29, 1.82) is 0 Å². The number of halogens is 1. The Hall–Kier alpha value is -3.55. The molecule has 1 fully saturated rings. The van der Waals surface area contributed by atoms with Gasteiger partial charge in [-0.25, -0.2) is 9.37 Å². The van der Waals surface area contributed by atoms with E-state index in [0.717, 1.165) is 48.8 Å². The molecular weight excluding hydrogens is 461 g/mol. The molecule has 3 heterocycles. The highest BCUT2D eigenvalue weighted by Crippen LogP contribution is 2.48. The van der Waals surface area contributed by atoms with Crippen LogP contribution in [0.5, 0.6) is 11.6 Å². The second-order valence-corrected chi connectivity index (χ2v) is 9.67. The number of hydrogen-bond acceptors (Lipinski definition) is 6. The molecule has 1 saturated carbocycles. The molecule has 1 N–H and O–H groups in total. The Morgan fingerprint density at radius 1 is 1.22 bits per heavy atom. The number of nitrogens with zero attached hydrogens (tertiary/aromatic N) is 3. The highest BCUT2D eigenvalue weighted by Gasteiger charge is 2.39. The van der Waals surface area contributed by atoms with Crippen molar-refractivity contribution in [1.82, 2.24) is 15.0 Å². The summed E-state index contributed by atoms with van der Waals surface area (Å²) in [6.45, 7) is 5.86. The maximum absolute atomic E-state index is 14.5. The first kappa shape index (κ1) is 24.2. The fourth-order valence-corrected chi connectivity index (χ4v) is 5.13. The van der Waals surface area contributed by atoms with Gasteiger partial charge in [-0.15, -0.1) is 0 Å². The predicted molar refractivity (Wildman–Crippen MR) is 132 cm³/mol. The van der Waals surface area contributed by atoms with Gasteiger partial charge < -0.3 is 14.6 Å². The molecule has 36 heavy (non-hydrogen) atoms. The molecule has 5 rings (SSSR count). The minimum Gasteiger partial charge on any atom is -0.484 e. The normalized spacial score (nSPS) is 18.6. The molecule has 1 aliphatic heterocycles. The molecule has 1 aliphatic carbocycles. The quantitative estimate of drug-likeness (QED) is 0.434. The first-order valence-electron chi connectivity index (χ1n) is 12.5. The number of aromatic nitrogens is 3. The number of aliphatic carboxylic acids is 1. The Bertz CT molecular complexity index is 1290. The SMILES string of the molecule is CCOc1cc(-c2ncc(C3CCc4ccc([C@H](C5CC5)[C@H](C)C(=O)O)cc4O3)nc2C)c(F)cn1. The van der Waals surface area contributed by atoms with Gasteiger partial charge in [0, 0.05) is 11.6 Å². The summed E-state index contributed by atoms with van der Waals surface area (Å²) in [6, 6.07) is 7.68. The van der Waals surface area contributed by atoms with E-state index in [1.54, 1.807) is 26.1 Å². The third-order valence-corrected chi connectivity index (χ3v) is 7.15. The van der Waals surface area contributed by atoms with Gasteiger partial charge in [-0.05, 0) is 68.6 Å². The zero-order valence-electron chi connectivity index (χ0n) is 20.7. The highest BCUT2D eigenvalue weighted by atomic mass is 19.1. The number of carboxylic acids is 1. The summed E-state index contributed by atoms with van der Waals surface area (Å²) < 4.78 is 26.3. The topological polar surface area (TPSA) is 94.4 Å². The monoisotopic (exact) mass is 491 g/mol. The summed E-state index contributed by atoms with van der Waals surface area (Å²) in [5, 5.41) is 9.63. The maximum Gasteiger partial charge on any atom is 0.306 e. The van der Waals surface area contributed by atoms with Crippen molar-refractivity contribution in [3.8, 4) is 22.9 Å². The Labute approximate surface area is 209 Å². The third-order valence-electron chi connectivity index (χ3n) is 7.15. The lowest BCUT2D eigenvalue weighted by molar-refractivity contribution is -0.142. The van der Waals surface area contributed by atoms with Gasteiger partial charge >= 0.3 is 5.97 Å². The second-order valence-electron chi connectivity index (χ2n) is 9.67. The standard InChI is InChI=1S/C28H30FN3O4/c1-4-35-25-12-20(21(29)13-30-25)27-16(3)32-22(14-31-27)23-10-9-17-5-8-19(11-24(17)36-23)26(18-6-7-18)15(2)28(33)34/h5,8,11-15,18,23,26H,4,6-7,9-10H2,1-3H3,(H,33,34)/t15-,23?,26-/m0/s1. The van der Waals surface area contributed by atoms with E-state index in [1.165, 1.54) is 0 Å². The van der Waals surface area contributed by atoms with Crippen molar-refractivity contribution in [3.63, 3.8) is 0 Å². The number of aryl methyl sites for hydroxylation is 2. The summed E-state index contributed by atoms with van der Waals surface area (Å²) in [5.41, 5.74) is 4.13. The first-order valence-corrected chi connectivity index (χ1v) is 12.5. The Balaban J connectivity index is 1.40. The molecule has 7 nitrogen and oxygen atoms in total. The van der Waals surface area contributed by atoms with Crippen LogP contribution in [0.25, 0.3) is 11.3 Å². The fraction of sp³-hybridized carbons (Fsp3) is 0.429. The smallest absolute Gasteiger partial charge is 0.306 e. The number of carbonyl (C=O) groups is 1. The Kier molecular flexibility index (Phi) is 6.60. The van der Waals surface area contributed by atoms with E-state index in [1.807, 2.05) is 13.0 Å². The summed E-state index contributed by atoms with van der Waals surface area (Å²) in [4.78, 5) is 24.9. The maximum atomic E-state index is 14.5. The van der Waals surface area contributed by atoms with Gasteiger partial charge in [0.05, 0.1) is 42.0 Å². The molecule has 1 unspecified atom stereocenters. The van der Waals surface area contributed by atoms with Crippen molar-refractivity contribution in [3.05, 3.63) is 65.0 Å². The van der Waals surface area contributed by atoms with Gasteiger partial charge in [0.1, 0.15) is 11.9 Å². The Morgan fingerprint density at radius 2 is 2.03 bits per heavy atom. The van der Waals surface area contributed by atoms with Gasteiger partial charge in [-0.3, -0.25) is 14.8 Å². The van der Waals surface area contributed by atoms with Gasteiger partial charge in [0.25, 0.3) is 0 Å². The van der Waals surface area contributed by atoms with Gasteiger partial charge in [0.2, 0.25) is 5.88 Å². The number of rotatable bonds is 8. The number of fused-ring (bicyclic) bond motifs is 1. The van der Waals surface area contributed by atoms with Crippen molar-refractivity contribution in [2.75, 3.05) is 6.61 Å². The van der Waals surface area contributed by atoms with E-state index in [2.05, 4.69) is 22.1 Å². The molecule has 0 saturated heterocycles. The first-order chi connectivity index (χ1) is 17.4. The molecule has 8 heteroatoms. The number of pyridine rings is 1. The van der Waals surface area contributed by atoms with Gasteiger partial charge in [0.15, 0.2) is 5.82 Å². The van der Waals surface area contributed by atoms with Gasteiger partial charge in [-0.2, -0.15) is 0 Å². The molecule has 188 valence electrons. The van der Waals surface area contributed by atoms with Crippen LogP contribution in [0.2, 0.25) is 0 Å². The molecule has 3 atom stereocenters. The Morgan fingerprint density at radius 3 is 2.72 bits per heavy atom. The summed E-state index contributed by atoms with van der Waals surface area (Å²) in [7, 11) is 0. The van der Waals surface area contributed by atoms with Crippen LogP contribution >= 0.6 is 0 Å². The number of ether oxygens (including phenoxy) is 2. The van der Waals surface area contributed by atoms with E-state index in [-0.39, 0.29) is 12.0 Å². The van der Waals surface area contributed by atoms with Crippen molar-refractivity contribution in [2.24, 2.45) is 11.8 Å². The lowest BCUT2D eigenvalue weighted by atomic mass is 9.82. The highest BCUT2D eigenvalue weighted by molar-refractivity contribution is 5.71. The molecule has 2 aliphatic rings. The van der Waals surface area contributed by atoms with E-state index >= 15 is 0 Å². The third kappa shape index (κ3) is 4.76. The van der Waals surface area contributed by atoms with E-state index in [9.17, 15) is 14.3 Å². The van der Waals surface area contributed by atoms with Crippen LogP contribution in [-0.4, -0.2) is 32.6 Å². The number of carboxylic acid groups (broad SMARTS) is 1. The van der Waals surface area contributed by atoms with Crippen molar-refractivity contribution in [2.45, 2.75) is 58.5 Å². The van der Waals surface area contributed by atoms with Crippen LogP contribution < -0.4 is 9.47 Å².